The number of carbonyl (C=O) groups excluding carboxylic acids is 1. The highest BCUT2D eigenvalue weighted by atomic mass is 31.2. The predicted octanol–water partition coefficient (Wildman–Crippen LogP) is 3.85. The van der Waals surface area contributed by atoms with Crippen molar-refractivity contribution in [1.29, 1.82) is 0 Å². The molecule has 292 valence electrons. The molecular formula is C36H66NO12P. The zero-order valence-electron chi connectivity index (χ0n) is 30.0. The summed E-state index contributed by atoms with van der Waals surface area (Å²) in [5.74, 6) is -0.613. The first-order valence-electron chi connectivity index (χ1n) is 18.5. The summed E-state index contributed by atoms with van der Waals surface area (Å²) in [5, 5.41) is 73.8. The van der Waals surface area contributed by atoms with Crippen LogP contribution in [0.4, 0.5) is 0 Å². The van der Waals surface area contributed by atoms with Crippen molar-refractivity contribution in [3.05, 3.63) is 36.5 Å². The first-order valence-corrected chi connectivity index (χ1v) is 20.0. The highest BCUT2D eigenvalue weighted by Gasteiger charge is 2.51. The number of nitrogens with one attached hydrogen (secondary N) is 1. The SMILES string of the molecule is C/C=C/CC/C=C/CC/C=C/C(O)C(COP(=O)(O)OC1C(O)C(O)C(O)C(O)C1O)NC(=O)CC(O)CCCCCCCCCCCCC. The van der Waals surface area contributed by atoms with Crippen molar-refractivity contribution in [3.8, 4) is 0 Å². The average molecular weight is 736 g/mol. The first-order chi connectivity index (χ1) is 23.8. The van der Waals surface area contributed by atoms with E-state index in [1.165, 1.54) is 51.0 Å². The molecular weight excluding hydrogens is 669 g/mol. The number of unbranched alkanes of at least 4 members (excludes halogenated alkanes) is 12. The van der Waals surface area contributed by atoms with Gasteiger partial charge in [-0.15, -0.1) is 0 Å². The molecule has 0 saturated heterocycles. The van der Waals surface area contributed by atoms with Crippen LogP contribution in [-0.4, -0.2) is 108 Å². The number of aliphatic hydroxyl groups excluding tert-OH is 7. The van der Waals surface area contributed by atoms with Crippen LogP contribution in [0.2, 0.25) is 0 Å². The van der Waals surface area contributed by atoms with Crippen LogP contribution >= 0.6 is 7.82 Å². The van der Waals surface area contributed by atoms with Crippen molar-refractivity contribution in [2.45, 2.75) is 178 Å². The van der Waals surface area contributed by atoms with E-state index in [1.807, 2.05) is 19.1 Å². The van der Waals surface area contributed by atoms with Gasteiger partial charge in [0.1, 0.15) is 36.6 Å². The lowest BCUT2D eigenvalue weighted by Crippen LogP contribution is -2.64. The van der Waals surface area contributed by atoms with E-state index >= 15 is 0 Å². The molecule has 1 fully saturated rings. The monoisotopic (exact) mass is 735 g/mol. The molecule has 50 heavy (non-hydrogen) atoms. The number of rotatable bonds is 28. The molecule has 14 heteroatoms. The Morgan fingerprint density at radius 3 is 1.76 bits per heavy atom. The van der Waals surface area contributed by atoms with Gasteiger partial charge in [-0.05, 0) is 39.0 Å². The highest BCUT2D eigenvalue weighted by molar-refractivity contribution is 7.47. The third-order valence-electron chi connectivity index (χ3n) is 8.80. The molecule has 0 heterocycles. The second kappa shape index (κ2) is 27.2. The van der Waals surface area contributed by atoms with E-state index < -0.39 is 75.2 Å². The number of hydrogen-bond donors (Lipinski definition) is 9. The molecule has 0 aromatic heterocycles. The van der Waals surface area contributed by atoms with Gasteiger partial charge < -0.3 is 46.0 Å². The molecule has 0 radical (unpaired) electrons. The van der Waals surface area contributed by atoms with Gasteiger partial charge in [0.05, 0.1) is 31.3 Å². The standard InChI is InChI=1S/C36H66NO12P/c1-3-5-7-9-11-13-14-16-17-19-21-23-27(38)25-30(40)37-28(29(39)24-22-20-18-15-12-10-8-6-4-2)26-48-50(46,47)49-36-34(44)32(42)31(41)33(43)35(36)45/h4,6,12,15,22,24,27-29,31-36,38-39,41-45H,3,5,7-11,13-14,16-21,23,25-26H2,1-2H3,(H,37,40)(H,46,47)/b6-4+,15-12+,24-22+. The van der Waals surface area contributed by atoms with E-state index in [4.69, 9.17) is 9.05 Å². The van der Waals surface area contributed by atoms with E-state index in [9.17, 15) is 50.0 Å². The van der Waals surface area contributed by atoms with Crippen molar-refractivity contribution in [2.24, 2.45) is 0 Å². The summed E-state index contributed by atoms with van der Waals surface area (Å²) in [6.07, 6.45) is 13.0. The van der Waals surface area contributed by atoms with Crippen LogP contribution in [0.25, 0.3) is 0 Å². The van der Waals surface area contributed by atoms with Crippen LogP contribution < -0.4 is 5.32 Å². The Morgan fingerprint density at radius 2 is 1.22 bits per heavy atom. The van der Waals surface area contributed by atoms with E-state index in [-0.39, 0.29) is 6.42 Å². The molecule has 1 amide bonds. The Balaban J connectivity index is 2.69. The third-order valence-corrected chi connectivity index (χ3v) is 9.79. The van der Waals surface area contributed by atoms with E-state index in [1.54, 1.807) is 6.08 Å². The van der Waals surface area contributed by atoms with Crippen LogP contribution in [0, 0.1) is 0 Å². The molecule has 0 aromatic carbocycles. The molecule has 1 aliphatic rings. The molecule has 8 atom stereocenters. The first kappa shape index (κ1) is 46.5. The molecule has 1 rings (SSSR count). The minimum absolute atomic E-state index is 0.255. The third kappa shape index (κ3) is 19.9. The summed E-state index contributed by atoms with van der Waals surface area (Å²) < 4.78 is 22.6. The fraction of sp³-hybridized carbons (Fsp3) is 0.806. The second-order valence-electron chi connectivity index (χ2n) is 13.3. The predicted molar refractivity (Wildman–Crippen MR) is 192 cm³/mol. The van der Waals surface area contributed by atoms with Gasteiger partial charge in [-0.2, -0.15) is 0 Å². The number of phosphoric acid groups is 1. The van der Waals surface area contributed by atoms with Crippen molar-refractivity contribution < 1.29 is 59.0 Å². The van der Waals surface area contributed by atoms with Gasteiger partial charge in [0.25, 0.3) is 0 Å². The van der Waals surface area contributed by atoms with Gasteiger partial charge in [-0.1, -0.05) is 114 Å². The molecule has 0 spiro atoms. The number of phosphoric ester groups is 1. The largest absolute Gasteiger partial charge is 0.472 e. The van der Waals surface area contributed by atoms with Gasteiger partial charge in [-0.25, -0.2) is 4.57 Å². The lowest BCUT2D eigenvalue weighted by molar-refractivity contribution is -0.220. The van der Waals surface area contributed by atoms with E-state index in [2.05, 4.69) is 24.4 Å². The quantitative estimate of drug-likeness (QED) is 0.0317. The lowest BCUT2D eigenvalue weighted by atomic mass is 9.85. The summed E-state index contributed by atoms with van der Waals surface area (Å²) in [4.78, 5) is 23.2. The zero-order chi connectivity index (χ0) is 37.4. The van der Waals surface area contributed by atoms with Crippen molar-refractivity contribution in [3.63, 3.8) is 0 Å². The molecule has 0 aliphatic heterocycles. The number of allylic oxidation sites excluding steroid dienone is 5. The summed E-state index contributed by atoms with van der Waals surface area (Å²) >= 11 is 0. The van der Waals surface area contributed by atoms with Gasteiger partial charge >= 0.3 is 7.82 Å². The Labute approximate surface area is 298 Å². The molecule has 13 nitrogen and oxygen atoms in total. The Hall–Kier alpha value is -1.48. The highest BCUT2D eigenvalue weighted by Crippen LogP contribution is 2.47. The number of hydrogen-bond acceptors (Lipinski definition) is 11. The normalized spacial score (nSPS) is 26.0. The smallest absolute Gasteiger partial charge is 0.393 e. The summed E-state index contributed by atoms with van der Waals surface area (Å²) in [7, 11) is -5.13. The molecule has 0 bridgehead atoms. The van der Waals surface area contributed by atoms with Crippen molar-refractivity contribution >= 4 is 13.7 Å². The van der Waals surface area contributed by atoms with Crippen molar-refractivity contribution in [2.75, 3.05) is 6.61 Å². The zero-order valence-corrected chi connectivity index (χ0v) is 30.9. The van der Waals surface area contributed by atoms with Gasteiger partial charge in [0.15, 0.2) is 0 Å². The second-order valence-corrected chi connectivity index (χ2v) is 14.7. The number of aliphatic hydroxyl groups is 7. The Bertz CT molecular complexity index is 1010. The minimum Gasteiger partial charge on any atom is -0.393 e. The van der Waals surface area contributed by atoms with E-state index in [0.717, 1.165) is 38.5 Å². The molecule has 8 unspecified atom stereocenters. The molecule has 1 saturated carbocycles. The molecule has 9 N–H and O–H groups in total. The van der Waals surface area contributed by atoms with E-state index in [0.29, 0.717) is 19.3 Å². The lowest BCUT2D eigenvalue weighted by Gasteiger charge is -2.41. The van der Waals surface area contributed by atoms with Crippen LogP contribution in [0.3, 0.4) is 0 Å². The molecule has 1 aliphatic carbocycles. The van der Waals surface area contributed by atoms with Crippen LogP contribution in [-0.2, 0) is 18.4 Å². The Kier molecular flexibility index (Phi) is 25.3. The maximum absolute atomic E-state index is 12.8. The van der Waals surface area contributed by atoms with Crippen molar-refractivity contribution in [1.82, 2.24) is 5.32 Å². The fourth-order valence-electron chi connectivity index (χ4n) is 5.69. The average Bonchev–Trinajstić information content (AvgIpc) is 3.08. The van der Waals surface area contributed by atoms with Gasteiger partial charge in [0.2, 0.25) is 5.91 Å². The fourth-order valence-corrected chi connectivity index (χ4v) is 6.66. The van der Waals surface area contributed by atoms with Gasteiger partial charge in [0, 0.05) is 0 Å². The summed E-state index contributed by atoms with van der Waals surface area (Å²) in [6.45, 7) is 3.42. The van der Waals surface area contributed by atoms with Gasteiger partial charge in [-0.3, -0.25) is 13.8 Å². The van der Waals surface area contributed by atoms with Crippen LogP contribution in [0.15, 0.2) is 36.5 Å². The number of amides is 1. The topological polar surface area (TPSA) is 226 Å². The summed E-state index contributed by atoms with van der Waals surface area (Å²) in [5.41, 5.74) is 0. The maximum Gasteiger partial charge on any atom is 0.472 e. The minimum atomic E-state index is -5.13. The Morgan fingerprint density at radius 1 is 0.740 bits per heavy atom. The molecule has 0 aromatic rings. The number of carbonyl (C=O) groups is 1. The summed E-state index contributed by atoms with van der Waals surface area (Å²) in [6, 6.07) is -1.26. The maximum atomic E-state index is 12.8. The van der Waals surface area contributed by atoms with Crippen LogP contribution in [0.5, 0.6) is 0 Å². The van der Waals surface area contributed by atoms with Crippen LogP contribution in [0.1, 0.15) is 123 Å².